The fourth-order valence-electron chi connectivity index (χ4n) is 13.4. The van der Waals surface area contributed by atoms with Crippen LogP contribution in [-0.4, -0.2) is 64.7 Å². The number of aliphatic hydroxyl groups excluding tert-OH is 3. The lowest BCUT2D eigenvalue weighted by Gasteiger charge is -2.58. The van der Waals surface area contributed by atoms with Gasteiger partial charge in [-0.2, -0.15) is 0 Å². The molecule has 4 aliphatic carbocycles. The average molecular weight is 841 g/mol. The standard InChI is InChI=1S/C53H92O7/c1-8-10-11-12-13-14-15-16-17-18-19-20-21-22-23-24-47(54)58-36-46-48(55)49(56)50(57)51(60-46)59-41-31-33-52(6)40(35-41)27-28-42-44-30-29-43(53(44,7)34-32-45(42)52)38(5)25-26-39(9-2)37(3)4/h27,38-39,41-46,48-51,55-57H,3,8-26,28-36H2,1-2,4-7H3/t38-,39-,41-,42+,43-,44+,45+,46-,48-,49+,50-,51-,52+,53-/m1/s1. The van der Waals surface area contributed by atoms with E-state index in [0.29, 0.717) is 23.7 Å². The van der Waals surface area contributed by atoms with Crippen molar-refractivity contribution in [3.8, 4) is 0 Å². The number of hydrogen-bond donors (Lipinski definition) is 3. The number of aliphatic hydroxyl groups is 3. The Kier molecular flexibility index (Phi) is 20.0. The number of carbonyl (C=O) groups is 1. The third kappa shape index (κ3) is 12.7. The molecule has 0 amide bonds. The Balaban J connectivity index is 1.01. The first-order valence-corrected chi connectivity index (χ1v) is 25.7. The SMILES string of the molecule is C=C(C)[C@H](CC)CC[C@@H](C)[C@H]1CC[C@H]2[C@@H]3CC=C4C[C@H](O[C@@H]5O[C@H](COC(=O)CCCCCCCCCCCCCCCCC)[C@@H](O)[C@H](O)[C@H]5O)CC[C@]4(C)[C@H]3CC[C@]12C. The van der Waals surface area contributed by atoms with Crippen LogP contribution in [-0.2, 0) is 19.0 Å². The lowest BCUT2D eigenvalue weighted by atomic mass is 9.47. The van der Waals surface area contributed by atoms with E-state index >= 15 is 0 Å². The zero-order valence-electron chi connectivity index (χ0n) is 39.5. The van der Waals surface area contributed by atoms with Crippen molar-refractivity contribution < 1.29 is 34.3 Å². The van der Waals surface area contributed by atoms with E-state index in [9.17, 15) is 20.1 Å². The maximum absolute atomic E-state index is 12.6. The fourth-order valence-corrected chi connectivity index (χ4v) is 13.4. The summed E-state index contributed by atoms with van der Waals surface area (Å²) < 4.78 is 18.0. The Hall–Kier alpha value is -1.25. The predicted molar refractivity (Wildman–Crippen MR) is 244 cm³/mol. The molecule has 0 unspecified atom stereocenters. The van der Waals surface area contributed by atoms with Crippen LogP contribution < -0.4 is 0 Å². The molecule has 3 N–H and O–H groups in total. The van der Waals surface area contributed by atoms with E-state index in [1.165, 1.54) is 133 Å². The molecule has 1 heterocycles. The average Bonchev–Trinajstić information content (AvgIpc) is 3.59. The Morgan fingerprint density at radius 1 is 0.817 bits per heavy atom. The van der Waals surface area contributed by atoms with Gasteiger partial charge in [-0.25, -0.2) is 0 Å². The summed E-state index contributed by atoms with van der Waals surface area (Å²) in [5.74, 6) is 4.15. The molecule has 1 aliphatic heterocycles. The normalized spacial score (nSPS) is 36.1. The second-order valence-electron chi connectivity index (χ2n) is 21.4. The van der Waals surface area contributed by atoms with Crippen molar-refractivity contribution in [3.05, 3.63) is 23.8 Å². The van der Waals surface area contributed by atoms with Gasteiger partial charge in [-0.05, 0) is 130 Å². The second kappa shape index (κ2) is 24.2. The minimum absolute atomic E-state index is 0.145. The van der Waals surface area contributed by atoms with Crippen molar-refractivity contribution in [2.24, 2.45) is 46.3 Å². The molecule has 0 aromatic heterocycles. The quantitative estimate of drug-likeness (QED) is 0.0452. The van der Waals surface area contributed by atoms with Gasteiger partial charge in [0, 0.05) is 6.42 Å². The summed E-state index contributed by atoms with van der Waals surface area (Å²) in [6.07, 6.45) is 28.6. The number of fused-ring (bicyclic) bond motifs is 5. The van der Waals surface area contributed by atoms with E-state index in [0.717, 1.165) is 68.6 Å². The van der Waals surface area contributed by atoms with Gasteiger partial charge in [0.2, 0.25) is 0 Å². The summed E-state index contributed by atoms with van der Waals surface area (Å²) >= 11 is 0. The van der Waals surface area contributed by atoms with Crippen molar-refractivity contribution in [2.75, 3.05) is 6.61 Å². The van der Waals surface area contributed by atoms with Gasteiger partial charge in [0.05, 0.1) is 6.10 Å². The number of rotatable bonds is 26. The van der Waals surface area contributed by atoms with Gasteiger partial charge in [0.1, 0.15) is 31.0 Å². The van der Waals surface area contributed by atoms with Crippen LogP contribution in [0.1, 0.15) is 215 Å². The fraction of sp³-hybridized carbons (Fsp3) is 0.906. The van der Waals surface area contributed by atoms with Crippen LogP contribution >= 0.6 is 0 Å². The summed E-state index contributed by atoms with van der Waals surface area (Å²) in [6, 6.07) is 0. The molecule has 7 nitrogen and oxygen atoms in total. The minimum atomic E-state index is -1.44. The van der Waals surface area contributed by atoms with Crippen LogP contribution in [0.5, 0.6) is 0 Å². The Labute approximate surface area is 367 Å². The van der Waals surface area contributed by atoms with Gasteiger partial charge < -0.3 is 29.5 Å². The van der Waals surface area contributed by atoms with E-state index in [4.69, 9.17) is 14.2 Å². The van der Waals surface area contributed by atoms with Crippen molar-refractivity contribution in [3.63, 3.8) is 0 Å². The number of ether oxygens (including phenoxy) is 3. The highest BCUT2D eigenvalue weighted by molar-refractivity contribution is 5.69. The van der Waals surface area contributed by atoms with E-state index in [-0.39, 0.29) is 24.1 Å². The lowest BCUT2D eigenvalue weighted by Crippen LogP contribution is -2.60. The van der Waals surface area contributed by atoms with Gasteiger partial charge in [-0.15, -0.1) is 0 Å². The molecule has 1 saturated heterocycles. The summed E-state index contributed by atoms with van der Waals surface area (Å²) in [4.78, 5) is 12.6. The van der Waals surface area contributed by atoms with Gasteiger partial charge in [-0.1, -0.05) is 148 Å². The van der Waals surface area contributed by atoms with Gasteiger partial charge in [0.15, 0.2) is 6.29 Å². The van der Waals surface area contributed by atoms with E-state index in [2.05, 4.69) is 54.2 Å². The highest BCUT2D eigenvalue weighted by Crippen LogP contribution is 2.67. The van der Waals surface area contributed by atoms with Crippen LogP contribution in [0.2, 0.25) is 0 Å². The third-order valence-electron chi connectivity index (χ3n) is 17.4. The molecule has 0 aromatic rings. The van der Waals surface area contributed by atoms with E-state index < -0.39 is 30.7 Å². The van der Waals surface area contributed by atoms with Crippen molar-refractivity contribution in [1.29, 1.82) is 0 Å². The maximum atomic E-state index is 12.6. The first kappa shape index (κ1) is 49.8. The zero-order valence-corrected chi connectivity index (χ0v) is 39.5. The molecule has 0 bridgehead atoms. The lowest BCUT2D eigenvalue weighted by molar-refractivity contribution is -0.313. The van der Waals surface area contributed by atoms with Crippen LogP contribution in [0.4, 0.5) is 0 Å². The van der Waals surface area contributed by atoms with Gasteiger partial charge >= 0.3 is 5.97 Å². The summed E-state index contributed by atoms with van der Waals surface area (Å²) in [5.41, 5.74) is 3.44. The van der Waals surface area contributed by atoms with Crippen molar-refractivity contribution in [1.82, 2.24) is 0 Å². The second-order valence-corrected chi connectivity index (χ2v) is 21.4. The maximum Gasteiger partial charge on any atom is 0.305 e. The molecule has 4 fully saturated rings. The molecule has 7 heteroatoms. The highest BCUT2D eigenvalue weighted by atomic mass is 16.7. The van der Waals surface area contributed by atoms with Crippen LogP contribution in [0.3, 0.4) is 0 Å². The molecule has 14 atom stereocenters. The largest absolute Gasteiger partial charge is 0.463 e. The Morgan fingerprint density at radius 2 is 1.45 bits per heavy atom. The first-order chi connectivity index (χ1) is 28.8. The highest BCUT2D eigenvalue weighted by Gasteiger charge is 2.59. The van der Waals surface area contributed by atoms with E-state index in [1.54, 1.807) is 0 Å². The molecular formula is C53H92O7. The van der Waals surface area contributed by atoms with Crippen LogP contribution in [0.15, 0.2) is 23.8 Å². The topological polar surface area (TPSA) is 105 Å². The number of carbonyl (C=O) groups excluding carboxylic acids is 1. The molecule has 5 rings (SSSR count). The molecule has 0 spiro atoms. The number of hydrogen-bond acceptors (Lipinski definition) is 7. The van der Waals surface area contributed by atoms with Crippen molar-refractivity contribution in [2.45, 2.75) is 252 Å². The Morgan fingerprint density at radius 3 is 2.07 bits per heavy atom. The van der Waals surface area contributed by atoms with Crippen molar-refractivity contribution >= 4 is 5.97 Å². The van der Waals surface area contributed by atoms with Crippen LogP contribution in [0, 0.1) is 46.3 Å². The van der Waals surface area contributed by atoms with Gasteiger partial charge in [-0.3, -0.25) is 4.79 Å². The Bertz CT molecular complexity index is 1330. The number of allylic oxidation sites excluding steroid dienone is 2. The zero-order chi connectivity index (χ0) is 43.3. The van der Waals surface area contributed by atoms with Crippen LogP contribution in [0.25, 0.3) is 0 Å². The molecule has 346 valence electrons. The molecule has 0 aromatic carbocycles. The molecular weight excluding hydrogens is 749 g/mol. The molecule has 5 aliphatic rings. The summed E-state index contributed by atoms with van der Waals surface area (Å²) in [6.45, 7) is 18.6. The monoisotopic (exact) mass is 841 g/mol. The molecule has 60 heavy (non-hydrogen) atoms. The summed E-state index contributed by atoms with van der Waals surface area (Å²) in [5, 5.41) is 32.5. The smallest absolute Gasteiger partial charge is 0.305 e. The number of unbranched alkanes of at least 4 members (excludes halogenated alkanes) is 14. The minimum Gasteiger partial charge on any atom is -0.463 e. The number of esters is 1. The van der Waals surface area contributed by atoms with Gasteiger partial charge in [0.25, 0.3) is 0 Å². The summed E-state index contributed by atoms with van der Waals surface area (Å²) in [7, 11) is 0. The first-order valence-electron chi connectivity index (χ1n) is 25.7. The predicted octanol–water partition coefficient (Wildman–Crippen LogP) is 12.6. The van der Waals surface area contributed by atoms with E-state index in [1.807, 2.05) is 0 Å². The molecule has 3 saturated carbocycles. The third-order valence-corrected chi connectivity index (χ3v) is 17.4. The molecule has 0 radical (unpaired) electrons.